The lowest BCUT2D eigenvalue weighted by molar-refractivity contribution is -0.137. The third kappa shape index (κ3) is 3.04. The standard InChI is InChI=1S/C20H15F3N2O3/c21-20(22,23)13-5-3-4-12(8-13)10-24-11-14(9-17(24)26)25-18(27)15-6-1-2-7-16(15)19(25)28/h1-8,14H,9-11H2. The molecule has 28 heavy (non-hydrogen) atoms. The number of benzene rings is 2. The number of nitrogens with zero attached hydrogens (tertiary/aromatic N) is 2. The number of imide groups is 1. The summed E-state index contributed by atoms with van der Waals surface area (Å²) in [5.41, 5.74) is 0.160. The maximum atomic E-state index is 12.9. The van der Waals surface area contributed by atoms with Crippen LogP contribution in [0.25, 0.3) is 0 Å². The van der Waals surface area contributed by atoms with Crippen molar-refractivity contribution in [2.45, 2.75) is 25.2 Å². The van der Waals surface area contributed by atoms with E-state index in [1.54, 1.807) is 24.3 Å². The molecule has 0 N–H and O–H groups in total. The molecule has 2 heterocycles. The van der Waals surface area contributed by atoms with Gasteiger partial charge in [-0.1, -0.05) is 24.3 Å². The van der Waals surface area contributed by atoms with E-state index in [4.69, 9.17) is 0 Å². The largest absolute Gasteiger partial charge is 0.416 e. The zero-order chi connectivity index (χ0) is 20.1. The third-order valence-corrected chi connectivity index (χ3v) is 5.01. The summed E-state index contributed by atoms with van der Waals surface area (Å²) in [5.74, 6) is -1.20. The molecule has 4 rings (SSSR count). The fraction of sp³-hybridized carbons (Fsp3) is 0.250. The lowest BCUT2D eigenvalue weighted by atomic mass is 10.1. The first-order valence-electron chi connectivity index (χ1n) is 8.66. The van der Waals surface area contributed by atoms with Crippen LogP contribution in [0.1, 0.15) is 38.3 Å². The number of carbonyl (C=O) groups excluding carboxylic acids is 3. The molecule has 0 aliphatic carbocycles. The Morgan fingerprint density at radius 2 is 1.57 bits per heavy atom. The van der Waals surface area contributed by atoms with E-state index in [0.29, 0.717) is 16.7 Å². The number of fused-ring (bicyclic) bond motifs is 1. The van der Waals surface area contributed by atoms with Crippen LogP contribution in [-0.4, -0.2) is 40.1 Å². The van der Waals surface area contributed by atoms with Crippen LogP contribution in [0.3, 0.4) is 0 Å². The monoisotopic (exact) mass is 388 g/mol. The maximum absolute atomic E-state index is 12.9. The van der Waals surface area contributed by atoms with Crippen molar-refractivity contribution in [1.29, 1.82) is 0 Å². The van der Waals surface area contributed by atoms with E-state index in [0.717, 1.165) is 17.0 Å². The van der Waals surface area contributed by atoms with E-state index >= 15 is 0 Å². The van der Waals surface area contributed by atoms with Gasteiger partial charge in [0, 0.05) is 19.5 Å². The van der Waals surface area contributed by atoms with E-state index in [-0.39, 0.29) is 25.4 Å². The highest BCUT2D eigenvalue weighted by Crippen LogP contribution is 2.31. The fourth-order valence-electron chi connectivity index (χ4n) is 3.68. The van der Waals surface area contributed by atoms with Gasteiger partial charge in [-0.3, -0.25) is 19.3 Å². The lowest BCUT2D eigenvalue weighted by Crippen LogP contribution is -2.41. The Hall–Kier alpha value is -3.16. The maximum Gasteiger partial charge on any atom is 0.416 e. The number of hydrogen-bond donors (Lipinski definition) is 0. The molecular weight excluding hydrogens is 373 g/mol. The predicted molar refractivity (Wildman–Crippen MR) is 92.2 cm³/mol. The predicted octanol–water partition coefficient (Wildman–Crippen LogP) is 3.10. The highest BCUT2D eigenvalue weighted by atomic mass is 19.4. The molecule has 0 spiro atoms. The molecule has 0 radical (unpaired) electrons. The number of carbonyl (C=O) groups is 3. The van der Waals surface area contributed by atoms with Gasteiger partial charge < -0.3 is 4.90 Å². The molecular formula is C20H15F3N2O3. The van der Waals surface area contributed by atoms with Crippen LogP contribution in [0.2, 0.25) is 0 Å². The van der Waals surface area contributed by atoms with Gasteiger partial charge in [0.15, 0.2) is 0 Å². The molecule has 1 atom stereocenters. The van der Waals surface area contributed by atoms with Gasteiger partial charge in [-0.15, -0.1) is 0 Å². The van der Waals surface area contributed by atoms with Crippen molar-refractivity contribution in [3.05, 3.63) is 70.8 Å². The van der Waals surface area contributed by atoms with Gasteiger partial charge in [0.05, 0.1) is 22.7 Å². The van der Waals surface area contributed by atoms with Crippen LogP contribution in [0.4, 0.5) is 13.2 Å². The zero-order valence-corrected chi connectivity index (χ0v) is 14.6. The summed E-state index contributed by atoms with van der Waals surface area (Å²) in [6.45, 7) is 0.0863. The minimum atomic E-state index is -4.46. The topological polar surface area (TPSA) is 57.7 Å². The highest BCUT2D eigenvalue weighted by molar-refractivity contribution is 6.21. The zero-order valence-electron chi connectivity index (χ0n) is 14.6. The van der Waals surface area contributed by atoms with Crippen molar-refractivity contribution in [3.63, 3.8) is 0 Å². The molecule has 1 unspecified atom stereocenters. The average Bonchev–Trinajstić information content (AvgIpc) is 3.12. The summed E-state index contributed by atoms with van der Waals surface area (Å²) < 4.78 is 38.6. The van der Waals surface area contributed by atoms with E-state index in [1.165, 1.54) is 17.0 Å². The molecule has 2 aromatic carbocycles. The van der Waals surface area contributed by atoms with Crippen molar-refractivity contribution < 1.29 is 27.6 Å². The Kier molecular flexibility index (Phi) is 4.21. The summed E-state index contributed by atoms with van der Waals surface area (Å²) in [6.07, 6.45) is -4.50. The number of halogens is 3. The molecule has 1 saturated heterocycles. The lowest BCUT2D eigenvalue weighted by Gasteiger charge is -2.22. The second-order valence-corrected chi connectivity index (χ2v) is 6.86. The van der Waals surface area contributed by atoms with Gasteiger partial charge in [0.2, 0.25) is 5.91 Å². The van der Waals surface area contributed by atoms with Gasteiger partial charge in [-0.25, -0.2) is 0 Å². The number of hydrogen-bond acceptors (Lipinski definition) is 3. The minimum Gasteiger partial charge on any atom is -0.336 e. The first-order valence-corrected chi connectivity index (χ1v) is 8.66. The SMILES string of the molecule is O=C1CC(N2C(=O)c3ccccc3C2=O)CN1Cc1cccc(C(F)(F)F)c1. The Balaban J connectivity index is 1.51. The van der Waals surface area contributed by atoms with Gasteiger partial charge in [-0.05, 0) is 29.8 Å². The van der Waals surface area contributed by atoms with Crippen LogP contribution < -0.4 is 0 Å². The first kappa shape index (κ1) is 18.2. The quantitative estimate of drug-likeness (QED) is 0.760. The number of likely N-dealkylation sites (tertiary alicyclic amines) is 1. The van der Waals surface area contributed by atoms with Crippen molar-refractivity contribution in [3.8, 4) is 0 Å². The van der Waals surface area contributed by atoms with Crippen molar-refractivity contribution in [2.75, 3.05) is 6.54 Å². The third-order valence-electron chi connectivity index (χ3n) is 5.01. The molecule has 1 fully saturated rings. The molecule has 5 nitrogen and oxygen atoms in total. The van der Waals surface area contributed by atoms with Crippen molar-refractivity contribution >= 4 is 17.7 Å². The van der Waals surface area contributed by atoms with E-state index < -0.39 is 29.6 Å². The van der Waals surface area contributed by atoms with Gasteiger partial charge in [0.1, 0.15) is 0 Å². The number of rotatable bonds is 3. The molecule has 3 amide bonds. The molecule has 144 valence electrons. The molecule has 0 bridgehead atoms. The summed E-state index contributed by atoms with van der Waals surface area (Å²) >= 11 is 0. The Bertz CT molecular complexity index is 952. The van der Waals surface area contributed by atoms with Crippen LogP contribution >= 0.6 is 0 Å². The summed E-state index contributed by atoms with van der Waals surface area (Å²) in [6, 6.07) is 10.6. The number of amides is 3. The van der Waals surface area contributed by atoms with Gasteiger partial charge >= 0.3 is 6.18 Å². The summed E-state index contributed by atoms with van der Waals surface area (Å²) in [7, 11) is 0. The molecule has 8 heteroatoms. The smallest absolute Gasteiger partial charge is 0.336 e. The minimum absolute atomic E-state index is 0.0115. The van der Waals surface area contributed by atoms with Crippen LogP contribution in [0.15, 0.2) is 48.5 Å². The normalized spacial score (nSPS) is 19.5. The van der Waals surface area contributed by atoms with Crippen LogP contribution in [0.5, 0.6) is 0 Å². The van der Waals surface area contributed by atoms with Crippen molar-refractivity contribution in [2.24, 2.45) is 0 Å². The summed E-state index contributed by atoms with van der Waals surface area (Å²) in [4.78, 5) is 40.0. The van der Waals surface area contributed by atoms with Gasteiger partial charge in [0.25, 0.3) is 11.8 Å². The Morgan fingerprint density at radius 3 is 2.18 bits per heavy atom. The molecule has 2 aliphatic rings. The molecule has 2 aromatic rings. The van der Waals surface area contributed by atoms with Crippen molar-refractivity contribution in [1.82, 2.24) is 9.80 Å². The summed E-state index contributed by atoms with van der Waals surface area (Å²) in [5, 5.41) is 0. The molecule has 2 aliphatic heterocycles. The molecule has 0 saturated carbocycles. The average molecular weight is 388 g/mol. The molecule has 0 aromatic heterocycles. The van der Waals surface area contributed by atoms with Crippen LogP contribution in [0, 0.1) is 0 Å². The highest BCUT2D eigenvalue weighted by Gasteiger charge is 2.44. The second-order valence-electron chi connectivity index (χ2n) is 6.86. The number of alkyl halides is 3. The second kappa shape index (κ2) is 6.47. The Morgan fingerprint density at radius 1 is 0.929 bits per heavy atom. The fourth-order valence-corrected chi connectivity index (χ4v) is 3.68. The van der Waals surface area contributed by atoms with E-state index in [9.17, 15) is 27.6 Å². The first-order chi connectivity index (χ1) is 13.3. The van der Waals surface area contributed by atoms with E-state index in [1.807, 2.05) is 0 Å². The Labute approximate surface area is 158 Å². The van der Waals surface area contributed by atoms with Gasteiger partial charge in [-0.2, -0.15) is 13.2 Å². The van der Waals surface area contributed by atoms with E-state index in [2.05, 4.69) is 0 Å². The van der Waals surface area contributed by atoms with Crippen LogP contribution in [-0.2, 0) is 17.5 Å².